The molecule has 5 nitrogen and oxygen atoms in total. The lowest BCUT2D eigenvalue weighted by Gasteiger charge is -2.12. The van der Waals surface area contributed by atoms with Crippen molar-refractivity contribution in [3.63, 3.8) is 0 Å². The third-order valence-electron chi connectivity index (χ3n) is 5.06. The maximum absolute atomic E-state index is 13.0. The number of hydrogen-bond acceptors (Lipinski definition) is 4. The van der Waals surface area contributed by atoms with Gasteiger partial charge in [0.15, 0.2) is 5.76 Å². The van der Waals surface area contributed by atoms with E-state index < -0.39 is 0 Å². The van der Waals surface area contributed by atoms with E-state index in [4.69, 9.17) is 9.15 Å². The highest BCUT2D eigenvalue weighted by Gasteiger charge is 2.19. The maximum atomic E-state index is 13.0. The van der Waals surface area contributed by atoms with E-state index in [0.29, 0.717) is 23.8 Å². The SMILES string of the molecule is CCCOc1ccc(NC(=O)c2oc3ccc(CC)cc3c2C)c2cccnc12. The summed E-state index contributed by atoms with van der Waals surface area (Å²) in [6, 6.07) is 13.5. The molecule has 2 heterocycles. The molecule has 0 bridgehead atoms. The van der Waals surface area contributed by atoms with Gasteiger partial charge in [-0.15, -0.1) is 0 Å². The molecular weight excluding hydrogens is 364 g/mol. The summed E-state index contributed by atoms with van der Waals surface area (Å²) in [5.74, 6) is 0.771. The maximum Gasteiger partial charge on any atom is 0.291 e. The molecule has 4 rings (SSSR count). The fourth-order valence-electron chi connectivity index (χ4n) is 3.47. The molecule has 0 unspecified atom stereocenters. The van der Waals surface area contributed by atoms with Crippen molar-refractivity contribution in [2.45, 2.75) is 33.6 Å². The fourth-order valence-corrected chi connectivity index (χ4v) is 3.47. The van der Waals surface area contributed by atoms with E-state index in [2.05, 4.69) is 30.2 Å². The van der Waals surface area contributed by atoms with Crippen LogP contribution in [-0.2, 0) is 6.42 Å². The van der Waals surface area contributed by atoms with E-state index in [0.717, 1.165) is 40.3 Å². The number of carbonyl (C=O) groups is 1. The topological polar surface area (TPSA) is 64.4 Å². The monoisotopic (exact) mass is 388 g/mol. The summed E-state index contributed by atoms with van der Waals surface area (Å²) in [6.45, 7) is 6.71. The molecular formula is C24H24N2O3. The number of aryl methyl sites for hydroxylation is 2. The predicted molar refractivity (Wildman–Crippen MR) is 116 cm³/mol. The molecule has 0 spiro atoms. The minimum Gasteiger partial charge on any atom is -0.491 e. The minimum absolute atomic E-state index is 0.274. The number of pyridine rings is 1. The van der Waals surface area contributed by atoms with Gasteiger partial charge >= 0.3 is 0 Å². The first-order valence-corrected chi connectivity index (χ1v) is 9.96. The number of aromatic nitrogens is 1. The van der Waals surface area contributed by atoms with Gasteiger partial charge in [-0.05, 0) is 61.7 Å². The summed E-state index contributed by atoms with van der Waals surface area (Å²) in [5.41, 5.74) is 4.19. The van der Waals surface area contributed by atoms with Gasteiger partial charge in [-0.3, -0.25) is 9.78 Å². The van der Waals surface area contributed by atoms with E-state index in [1.807, 2.05) is 43.3 Å². The Labute approximate surface area is 169 Å². The normalized spacial score (nSPS) is 11.1. The summed E-state index contributed by atoms with van der Waals surface area (Å²) < 4.78 is 11.7. The third kappa shape index (κ3) is 3.56. The van der Waals surface area contributed by atoms with Gasteiger partial charge in [0.25, 0.3) is 5.91 Å². The smallest absolute Gasteiger partial charge is 0.291 e. The van der Waals surface area contributed by atoms with Crippen molar-refractivity contribution in [2.75, 3.05) is 11.9 Å². The van der Waals surface area contributed by atoms with Crippen molar-refractivity contribution in [1.29, 1.82) is 0 Å². The van der Waals surface area contributed by atoms with Gasteiger partial charge in [-0.25, -0.2) is 0 Å². The van der Waals surface area contributed by atoms with Crippen molar-refractivity contribution in [1.82, 2.24) is 4.98 Å². The van der Waals surface area contributed by atoms with Crippen LogP contribution in [0.4, 0.5) is 5.69 Å². The van der Waals surface area contributed by atoms with Gasteiger partial charge in [-0.2, -0.15) is 0 Å². The summed E-state index contributed by atoms with van der Waals surface area (Å²) in [6.07, 6.45) is 3.58. The van der Waals surface area contributed by atoms with Crippen LogP contribution in [0.1, 0.15) is 41.9 Å². The number of anilines is 1. The molecule has 0 aliphatic carbocycles. The van der Waals surface area contributed by atoms with Crippen LogP contribution >= 0.6 is 0 Å². The number of rotatable bonds is 6. The van der Waals surface area contributed by atoms with Crippen molar-refractivity contribution < 1.29 is 13.9 Å². The Morgan fingerprint density at radius 1 is 1.14 bits per heavy atom. The predicted octanol–water partition coefficient (Wildman–Crippen LogP) is 5.89. The zero-order valence-electron chi connectivity index (χ0n) is 16.9. The second-order valence-electron chi connectivity index (χ2n) is 7.05. The van der Waals surface area contributed by atoms with Crippen LogP contribution in [0.15, 0.2) is 53.1 Å². The molecule has 0 aliphatic heterocycles. The molecule has 1 amide bonds. The van der Waals surface area contributed by atoms with Crippen LogP contribution in [0.2, 0.25) is 0 Å². The Hall–Kier alpha value is -3.34. The van der Waals surface area contributed by atoms with Crippen LogP contribution in [0.3, 0.4) is 0 Å². The number of ether oxygens (including phenoxy) is 1. The molecule has 5 heteroatoms. The Morgan fingerprint density at radius 3 is 2.79 bits per heavy atom. The molecule has 0 aliphatic rings. The van der Waals surface area contributed by atoms with Gasteiger partial charge in [0, 0.05) is 22.5 Å². The summed E-state index contributed by atoms with van der Waals surface area (Å²) >= 11 is 0. The van der Waals surface area contributed by atoms with Gasteiger partial charge < -0.3 is 14.5 Å². The molecule has 29 heavy (non-hydrogen) atoms. The molecule has 2 aromatic carbocycles. The molecule has 0 fully saturated rings. The number of furan rings is 1. The Morgan fingerprint density at radius 2 is 2.00 bits per heavy atom. The van der Waals surface area contributed by atoms with Crippen molar-refractivity contribution in [3.05, 3.63) is 65.5 Å². The van der Waals surface area contributed by atoms with E-state index in [9.17, 15) is 4.79 Å². The van der Waals surface area contributed by atoms with Crippen molar-refractivity contribution in [2.24, 2.45) is 0 Å². The summed E-state index contributed by atoms with van der Waals surface area (Å²) in [5, 5.41) is 4.79. The van der Waals surface area contributed by atoms with E-state index >= 15 is 0 Å². The molecule has 2 aromatic heterocycles. The van der Waals surface area contributed by atoms with Gasteiger partial charge in [0.1, 0.15) is 16.8 Å². The minimum atomic E-state index is -0.274. The number of nitrogens with one attached hydrogen (secondary N) is 1. The van der Waals surface area contributed by atoms with Crippen molar-refractivity contribution >= 4 is 33.5 Å². The Balaban J connectivity index is 1.69. The molecule has 148 valence electrons. The van der Waals surface area contributed by atoms with Gasteiger partial charge in [-0.1, -0.05) is 19.9 Å². The first-order chi connectivity index (χ1) is 14.1. The van der Waals surface area contributed by atoms with E-state index in [1.54, 1.807) is 6.20 Å². The molecule has 1 N–H and O–H groups in total. The zero-order chi connectivity index (χ0) is 20.4. The van der Waals surface area contributed by atoms with Crippen LogP contribution in [0.5, 0.6) is 5.75 Å². The lowest BCUT2D eigenvalue weighted by atomic mass is 10.1. The number of carbonyl (C=O) groups excluding carboxylic acids is 1. The van der Waals surface area contributed by atoms with Crippen LogP contribution in [0, 0.1) is 6.92 Å². The first-order valence-electron chi connectivity index (χ1n) is 9.96. The molecule has 4 aromatic rings. The largest absolute Gasteiger partial charge is 0.491 e. The highest BCUT2D eigenvalue weighted by molar-refractivity contribution is 6.10. The zero-order valence-corrected chi connectivity index (χ0v) is 16.9. The number of nitrogens with zero attached hydrogens (tertiary/aromatic N) is 1. The standard InChI is InChI=1S/C24H24N2O3/c1-4-13-28-21-11-9-19(17-7-6-12-25-22(17)21)26-24(27)23-15(3)18-14-16(5-2)8-10-20(18)29-23/h6-12,14H,4-5,13H2,1-3H3,(H,26,27). The van der Waals surface area contributed by atoms with E-state index in [1.165, 1.54) is 5.56 Å². The number of benzene rings is 2. The quantitative estimate of drug-likeness (QED) is 0.447. The number of amides is 1. The van der Waals surface area contributed by atoms with E-state index in [-0.39, 0.29) is 5.91 Å². The molecule has 0 radical (unpaired) electrons. The first kappa shape index (κ1) is 19.0. The average molecular weight is 388 g/mol. The van der Waals surface area contributed by atoms with Crippen molar-refractivity contribution in [3.8, 4) is 5.75 Å². The lowest BCUT2D eigenvalue weighted by molar-refractivity contribution is 0.0998. The Bertz CT molecular complexity index is 1190. The lowest BCUT2D eigenvalue weighted by Crippen LogP contribution is -2.12. The van der Waals surface area contributed by atoms with Gasteiger partial charge in [0.05, 0.1) is 12.3 Å². The van der Waals surface area contributed by atoms with Crippen LogP contribution in [-0.4, -0.2) is 17.5 Å². The van der Waals surface area contributed by atoms with Crippen LogP contribution < -0.4 is 10.1 Å². The molecule has 0 saturated carbocycles. The molecule has 0 atom stereocenters. The second-order valence-corrected chi connectivity index (χ2v) is 7.05. The fraction of sp³-hybridized carbons (Fsp3) is 0.250. The van der Waals surface area contributed by atoms with Crippen LogP contribution in [0.25, 0.3) is 21.9 Å². The summed E-state index contributed by atoms with van der Waals surface area (Å²) in [7, 11) is 0. The molecule has 0 saturated heterocycles. The number of fused-ring (bicyclic) bond motifs is 2. The van der Waals surface area contributed by atoms with Gasteiger partial charge in [0.2, 0.25) is 0 Å². The average Bonchev–Trinajstić information content (AvgIpc) is 3.09. The summed E-state index contributed by atoms with van der Waals surface area (Å²) in [4.78, 5) is 17.4. The second kappa shape index (κ2) is 7.95. The third-order valence-corrected chi connectivity index (χ3v) is 5.06. The number of hydrogen-bond donors (Lipinski definition) is 1. The highest BCUT2D eigenvalue weighted by atomic mass is 16.5. The Kier molecular flexibility index (Phi) is 5.21. The highest BCUT2D eigenvalue weighted by Crippen LogP contribution is 2.32.